The molecule has 0 saturated heterocycles. The smallest absolute Gasteiger partial charge is 0.308 e. The first-order valence-electron chi connectivity index (χ1n) is 5.92. The molecule has 0 aliphatic heterocycles. The van der Waals surface area contributed by atoms with Crippen molar-refractivity contribution in [2.45, 2.75) is 51.2 Å². The van der Waals surface area contributed by atoms with Gasteiger partial charge >= 0.3 is 5.97 Å². The monoisotopic (exact) mass is 229 g/mol. The van der Waals surface area contributed by atoms with Crippen molar-refractivity contribution in [2.75, 3.05) is 13.7 Å². The largest absolute Gasteiger partial charge is 0.465 e. The molecule has 0 heterocycles. The second-order valence-electron chi connectivity index (χ2n) is 5.15. The molecule has 1 saturated carbocycles. The van der Waals surface area contributed by atoms with Crippen LogP contribution < -0.4 is 5.73 Å². The molecule has 0 radical (unpaired) electrons. The molecule has 4 heteroatoms. The van der Waals surface area contributed by atoms with Crippen LogP contribution in [0.4, 0.5) is 0 Å². The van der Waals surface area contributed by atoms with Crippen molar-refractivity contribution in [3.63, 3.8) is 0 Å². The van der Waals surface area contributed by atoms with E-state index in [1.54, 1.807) is 7.11 Å². The summed E-state index contributed by atoms with van der Waals surface area (Å²) in [5.74, 6) is -0.0829. The topological polar surface area (TPSA) is 61.5 Å². The molecule has 1 fully saturated rings. The molecule has 2 N–H and O–H groups in total. The van der Waals surface area contributed by atoms with Crippen LogP contribution in [0, 0.1) is 5.92 Å². The molecule has 1 aliphatic rings. The van der Waals surface area contributed by atoms with Gasteiger partial charge in [0.05, 0.1) is 18.1 Å². The minimum Gasteiger partial charge on any atom is -0.465 e. The number of hydrogen-bond acceptors (Lipinski definition) is 4. The van der Waals surface area contributed by atoms with Crippen LogP contribution in [0.5, 0.6) is 0 Å². The van der Waals surface area contributed by atoms with Crippen LogP contribution in [0.25, 0.3) is 0 Å². The highest BCUT2D eigenvalue weighted by atomic mass is 16.5. The Morgan fingerprint density at radius 1 is 1.44 bits per heavy atom. The van der Waals surface area contributed by atoms with Crippen molar-refractivity contribution in [3.05, 3.63) is 0 Å². The Balaban J connectivity index is 2.20. The quantitative estimate of drug-likeness (QED) is 0.725. The van der Waals surface area contributed by atoms with Crippen LogP contribution in [0.2, 0.25) is 0 Å². The Kier molecular flexibility index (Phi) is 4.74. The predicted octanol–water partition coefficient (Wildman–Crippen LogP) is 1.47. The Morgan fingerprint density at radius 2 is 2.12 bits per heavy atom. The number of rotatable bonds is 5. The van der Waals surface area contributed by atoms with Crippen molar-refractivity contribution in [3.8, 4) is 0 Å². The molecule has 0 spiro atoms. The molecule has 1 rings (SSSR count). The van der Waals surface area contributed by atoms with Crippen LogP contribution in [0.3, 0.4) is 0 Å². The average Bonchev–Trinajstić information content (AvgIpc) is 2.64. The van der Waals surface area contributed by atoms with Crippen LogP contribution in [0.15, 0.2) is 0 Å². The number of esters is 1. The number of hydrogen-bond donors (Lipinski definition) is 1. The lowest BCUT2D eigenvalue weighted by atomic mass is 10.1. The summed E-state index contributed by atoms with van der Waals surface area (Å²) in [5.41, 5.74) is 5.52. The minimum absolute atomic E-state index is 0.0145. The summed E-state index contributed by atoms with van der Waals surface area (Å²) in [6, 6.07) is 0.174. The fourth-order valence-electron chi connectivity index (χ4n) is 1.85. The third kappa shape index (κ3) is 4.10. The lowest BCUT2D eigenvalue weighted by Crippen LogP contribution is -2.26. The third-order valence-electron chi connectivity index (χ3n) is 3.31. The standard InChI is InChI=1S/C12H23NO3/c1-12(2,15-3)6-7-16-11(14)9-4-5-10(13)8-9/h9-10H,4-8,13H2,1-3H3. The van der Waals surface area contributed by atoms with Crippen molar-refractivity contribution in [2.24, 2.45) is 11.7 Å². The van der Waals surface area contributed by atoms with E-state index in [0.29, 0.717) is 13.0 Å². The third-order valence-corrected chi connectivity index (χ3v) is 3.31. The number of nitrogens with two attached hydrogens (primary N) is 1. The summed E-state index contributed by atoms with van der Waals surface area (Å²) < 4.78 is 10.5. The van der Waals surface area contributed by atoms with Crippen LogP contribution in [0.1, 0.15) is 39.5 Å². The lowest BCUT2D eigenvalue weighted by Gasteiger charge is -2.22. The van der Waals surface area contributed by atoms with E-state index in [2.05, 4.69) is 0 Å². The SMILES string of the molecule is COC(C)(C)CCOC(=O)C1CCC(N)C1. The fraction of sp³-hybridized carbons (Fsp3) is 0.917. The Hall–Kier alpha value is -0.610. The van der Waals surface area contributed by atoms with E-state index in [-0.39, 0.29) is 23.5 Å². The Morgan fingerprint density at radius 3 is 2.62 bits per heavy atom. The maximum Gasteiger partial charge on any atom is 0.308 e. The van der Waals surface area contributed by atoms with Gasteiger partial charge in [0.25, 0.3) is 0 Å². The van der Waals surface area contributed by atoms with E-state index in [4.69, 9.17) is 15.2 Å². The predicted molar refractivity (Wildman–Crippen MR) is 62.0 cm³/mol. The van der Waals surface area contributed by atoms with Crippen LogP contribution in [-0.2, 0) is 14.3 Å². The molecule has 16 heavy (non-hydrogen) atoms. The zero-order chi connectivity index (χ0) is 12.2. The van der Waals surface area contributed by atoms with Gasteiger partial charge in [0.1, 0.15) is 0 Å². The zero-order valence-corrected chi connectivity index (χ0v) is 10.5. The second-order valence-corrected chi connectivity index (χ2v) is 5.15. The lowest BCUT2D eigenvalue weighted by molar-refractivity contribution is -0.149. The summed E-state index contributed by atoms with van der Waals surface area (Å²) in [6.45, 7) is 4.38. The maximum absolute atomic E-state index is 11.6. The maximum atomic E-state index is 11.6. The summed E-state index contributed by atoms with van der Waals surface area (Å²) >= 11 is 0. The van der Waals surface area contributed by atoms with Crippen LogP contribution >= 0.6 is 0 Å². The highest BCUT2D eigenvalue weighted by Gasteiger charge is 2.29. The van der Waals surface area contributed by atoms with Gasteiger partial charge < -0.3 is 15.2 Å². The Labute approximate surface area is 97.5 Å². The molecule has 0 bridgehead atoms. The first kappa shape index (κ1) is 13.5. The summed E-state index contributed by atoms with van der Waals surface area (Å²) in [7, 11) is 1.66. The van der Waals surface area contributed by atoms with Gasteiger partial charge in [0.15, 0.2) is 0 Å². The molecular weight excluding hydrogens is 206 g/mol. The summed E-state index contributed by atoms with van der Waals surface area (Å²) in [5, 5.41) is 0. The van der Waals surface area contributed by atoms with Gasteiger partial charge in [0.2, 0.25) is 0 Å². The normalized spacial score (nSPS) is 25.8. The first-order valence-corrected chi connectivity index (χ1v) is 5.92. The number of carbonyl (C=O) groups excluding carboxylic acids is 1. The van der Waals surface area contributed by atoms with E-state index in [0.717, 1.165) is 19.3 Å². The summed E-state index contributed by atoms with van der Waals surface area (Å²) in [4.78, 5) is 11.6. The van der Waals surface area contributed by atoms with Gasteiger partial charge in [-0.3, -0.25) is 4.79 Å². The summed E-state index contributed by atoms with van der Waals surface area (Å²) in [6.07, 6.45) is 3.29. The zero-order valence-electron chi connectivity index (χ0n) is 10.5. The Bertz CT molecular complexity index is 240. The van der Waals surface area contributed by atoms with Gasteiger partial charge in [-0.05, 0) is 33.1 Å². The minimum atomic E-state index is -0.230. The van der Waals surface area contributed by atoms with E-state index >= 15 is 0 Å². The average molecular weight is 229 g/mol. The second kappa shape index (κ2) is 5.64. The van der Waals surface area contributed by atoms with E-state index in [9.17, 15) is 4.79 Å². The van der Waals surface area contributed by atoms with E-state index in [1.807, 2.05) is 13.8 Å². The van der Waals surface area contributed by atoms with Crippen molar-refractivity contribution >= 4 is 5.97 Å². The van der Waals surface area contributed by atoms with Crippen molar-refractivity contribution < 1.29 is 14.3 Å². The van der Waals surface area contributed by atoms with E-state index in [1.165, 1.54) is 0 Å². The molecule has 94 valence electrons. The molecule has 0 aromatic carbocycles. The molecular formula is C12H23NO3. The molecule has 0 amide bonds. The molecule has 4 nitrogen and oxygen atoms in total. The molecule has 1 aliphatic carbocycles. The highest BCUT2D eigenvalue weighted by Crippen LogP contribution is 2.25. The van der Waals surface area contributed by atoms with E-state index < -0.39 is 0 Å². The van der Waals surface area contributed by atoms with Gasteiger partial charge in [-0.15, -0.1) is 0 Å². The van der Waals surface area contributed by atoms with Gasteiger partial charge in [-0.25, -0.2) is 0 Å². The van der Waals surface area contributed by atoms with Gasteiger partial charge in [-0.1, -0.05) is 0 Å². The van der Waals surface area contributed by atoms with Crippen LogP contribution in [-0.4, -0.2) is 31.3 Å². The van der Waals surface area contributed by atoms with Gasteiger partial charge in [0, 0.05) is 19.6 Å². The number of ether oxygens (including phenoxy) is 2. The fourth-order valence-corrected chi connectivity index (χ4v) is 1.85. The van der Waals surface area contributed by atoms with Crippen molar-refractivity contribution in [1.82, 2.24) is 0 Å². The molecule has 2 atom stereocenters. The number of carbonyl (C=O) groups is 1. The first-order chi connectivity index (χ1) is 7.44. The van der Waals surface area contributed by atoms with Gasteiger partial charge in [-0.2, -0.15) is 0 Å². The highest BCUT2D eigenvalue weighted by molar-refractivity contribution is 5.72. The molecule has 2 unspecified atom stereocenters. The molecule has 0 aromatic rings. The van der Waals surface area contributed by atoms with Crippen molar-refractivity contribution in [1.29, 1.82) is 0 Å². The number of methoxy groups -OCH3 is 1. The molecule has 0 aromatic heterocycles.